The van der Waals surface area contributed by atoms with Gasteiger partial charge in [-0.2, -0.15) is 0 Å². The third kappa shape index (κ3) is 3.82. The Labute approximate surface area is 149 Å². The van der Waals surface area contributed by atoms with Gasteiger partial charge in [-0.1, -0.05) is 6.08 Å². The molecule has 1 saturated heterocycles. The van der Waals surface area contributed by atoms with Crippen molar-refractivity contribution < 1.29 is 13.9 Å². The molecular weight excluding hydrogens is 319 g/mol. The van der Waals surface area contributed by atoms with E-state index in [2.05, 4.69) is 16.3 Å². The summed E-state index contributed by atoms with van der Waals surface area (Å²) in [5, 5.41) is 3.48. The van der Waals surface area contributed by atoms with E-state index in [1.54, 1.807) is 12.1 Å². The van der Waals surface area contributed by atoms with Gasteiger partial charge in [0.15, 0.2) is 11.6 Å². The van der Waals surface area contributed by atoms with Crippen LogP contribution < -0.4 is 14.8 Å². The molecule has 5 heteroatoms. The summed E-state index contributed by atoms with van der Waals surface area (Å²) in [6.45, 7) is 4.66. The van der Waals surface area contributed by atoms with Crippen LogP contribution in [0.2, 0.25) is 0 Å². The maximum atomic E-state index is 14.3. The molecule has 2 fully saturated rings. The van der Waals surface area contributed by atoms with Crippen LogP contribution in [0.15, 0.2) is 18.2 Å². The number of rotatable bonds is 6. The summed E-state index contributed by atoms with van der Waals surface area (Å²) in [7, 11) is 1.50. The van der Waals surface area contributed by atoms with Crippen LogP contribution in [0.4, 0.5) is 4.39 Å². The first-order valence-electron chi connectivity index (χ1n) is 9.39. The fraction of sp³-hybridized carbons (Fsp3) is 0.600. The van der Waals surface area contributed by atoms with E-state index in [4.69, 9.17) is 9.47 Å². The third-order valence-electron chi connectivity index (χ3n) is 5.50. The van der Waals surface area contributed by atoms with E-state index in [-0.39, 0.29) is 11.6 Å². The minimum absolute atomic E-state index is 0.251. The molecule has 1 saturated carbocycles. The molecule has 0 radical (unpaired) electrons. The number of ether oxygens (including phenoxy) is 2. The predicted octanol–water partition coefficient (Wildman–Crippen LogP) is 3.07. The molecule has 4 nitrogen and oxygen atoms in total. The molecule has 1 aliphatic carbocycles. The van der Waals surface area contributed by atoms with Crippen molar-refractivity contribution in [2.45, 2.75) is 31.7 Å². The number of methoxy groups -OCH3 is 1. The van der Waals surface area contributed by atoms with Crippen molar-refractivity contribution >= 4 is 5.57 Å². The average Bonchev–Trinajstić information content (AvgIpc) is 3.35. The first-order chi connectivity index (χ1) is 12.2. The van der Waals surface area contributed by atoms with E-state index in [0.717, 1.165) is 43.1 Å². The van der Waals surface area contributed by atoms with Gasteiger partial charge in [0, 0.05) is 37.3 Å². The van der Waals surface area contributed by atoms with Gasteiger partial charge in [-0.25, -0.2) is 4.39 Å². The second-order valence-electron chi connectivity index (χ2n) is 7.40. The zero-order chi connectivity index (χ0) is 17.2. The van der Waals surface area contributed by atoms with Gasteiger partial charge in [-0.15, -0.1) is 0 Å². The van der Waals surface area contributed by atoms with Crippen molar-refractivity contribution in [3.05, 3.63) is 29.6 Å². The number of nitrogens with zero attached hydrogens (tertiary/aromatic N) is 1. The van der Waals surface area contributed by atoms with Crippen molar-refractivity contribution in [2.24, 2.45) is 5.92 Å². The summed E-state index contributed by atoms with van der Waals surface area (Å²) in [6.07, 6.45) is 7.15. The molecule has 1 N–H and O–H groups in total. The number of halogens is 1. The second kappa shape index (κ2) is 7.34. The van der Waals surface area contributed by atoms with Gasteiger partial charge in [0.05, 0.1) is 13.7 Å². The molecule has 3 aliphatic rings. The van der Waals surface area contributed by atoms with Crippen molar-refractivity contribution in [3.63, 3.8) is 0 Å². The van der Waals surface area contributed by atoms with Crippen LogP contribution in [-0.2, 0) is 0 Å². The standard InChI is InChI=1S/C20H27FN2O2/c1-24-20-10-19(25-13-14-4-5-14)17(9-18(20)21)15-6-8-23(12-15)16-3-2-7-22-11-16/h6,9-10,14,16,22H,2-5,7-8,11-13H2,1H3/t16-/m0/s1. The molecule has 0 bridgehead atoms. The Hall–Kier alpha value is -1.59. The minimum Gasteiger partial charge on any atom is -0.494 e. The molecule has 2 aliphatic heterocycles. The Bertz CT molecular complexity index is 651. The molecule has 4 rings (SSSR count). The highest BCUT2D eigenvalue weighted by Gasteiger charge is 2.28. The molecule has 0 aromatic heterocycles. The lowest BCUT2D eigenvalue weighted by atomic mass is 10.0. The molecule has 136 valence electrons. The molecule has 1 aromatic rings. The first kappa shape index (κ1) is 16.9. The lowest BCUT2D eigenvalue weighted by Crippen LogP contribution is -2.45. The zero-order valence-corrected chi connectivity index (χ0v) is 14.9. The smallest absolute Gasteiger partial charge is 0.165 e. The highest BCUT2D eigenvalue weighted by molar-refractivity contribution is 5.74. The summed E-state index contributed by atoms with van der Waals surface area (Å²) in [4.78, 5) is 2.48. The minimum atomic E-state index is -0.324. The van der Waals surface area contributed by atoms with E-state index in [1.165, 1.54) is 32.8 Å². The highest BCUT2D eigenvalue weighted by Crippen LogP contribution is 2.37. The SMILES string of the molecule is COc1cc(OCC2CC2)c(C2=CCN([C@H]3CCCNC3)C2)cc1F. The number of piperidine rings is 1. The average molecular weight is 346 g/mol. The van der Waals surface area contributed by atoms with Crippen LogP contribution >= 0.6 is 0 Å². The lowest BCUT2D eigenvalue weighted by molar-refractivity contribution is 0.212. The Morgan fingerprint density at radius 1 is 1.24 bits per heavy atom. The quantitative estimate of drug-likeness (QED) is 0.858. The van der Waals surface area contributed by atoms with Gasteiger partial charge < -0.3 is 14.8 Å². The van der Waals surface area contributed by atoms with Crippen LogP contribution in [-0.4, -0.2) is 50.8 Å². The van der Waals surface area contributed by atoms with Crippen LogP contribution in [0.25, 0.3) is 5.57 Å². The molecular formula is C20H27FN2O2. The zero-order valence-electron chi connectivity index (χ0n) is 14.9. The number of hydrogen-bond donors (Lipinski definition) is 1. The summed E-state index contributed by atoms with van der Waals surface area (Å²) in [5.74, 6) is 1.34. The largest absolute Gasteiger partial charge is 0.494 e. The Morgan fingerprint density at radius 2 is 2.12 bits per heavy atom. The van der Waals surface area contributed by atoms with Crippen molar-refractivity contribution in [3.8, 4) is 11.5 Å². The molecule has 2 heterocycles. The maximum absolute atomic E-state index is 14.3. The number of hydrogen-bond acceptors (Lipinski definition) is 4. The Kier molecular flexibility index (Phi) is 4.95. The van der Waals surface area contributed by atoms with E-state index in [1.807, 2.05) is 0 Å². The van der Waals surface area contributed by atoms with E-state index >= 15 is 0 Å². The number of nitrogens with one attached hydrogen (secondary N) is 1. The van der Waals surface area contributed by atoms with Gasteiger partial charge >= 0.3 is 0 Å². The van der Waals surface area contributed by atoms with Crippen LogP contribution in [0.3, 0.4) is 0 Å². The predicted molar refractivity (Wildman–Crippen MR) is 96.6 cm³/mol. The van der Waals surface area contributed by atoms with Crippen molar-refractivity contribution in [2.75, 3.05) is 39.9 Å². The summed E-state index contributed by atoms with van der Waals surface area (Å²) in [6, 6.07) is 3.86. The van der Waals surface area contributed by atoms with Gasteiger partial charge in [-0.05, 0) is 49.8 Å². The van der Waals surface area contributed by atoms with Gasteiger partial charge in [0.1, 0.15) is 5.75 Å². The van der Waals surface area contributed by atoms with Gasteiger partial charge in [-0.3, -0.25) is 4.90 Å². The monoisotopic (exact) mass is 346 g/mol. The molecule has 1 atom stereocenters. The summed E-state index contributed by atoms with van der Waals surface area (Å²) in [5.41, 5.74) is 2.04. The van der Waals surface area contributed by atoms with Crippen molar-refractivity contribution in [1.82, 2.24) is 10.2 Å². The topological polar surface area (TPSA) is 33.7 Å². The first-order valence-corrected chi connectivity index (χ1v) is 9.39. The Morgan fingerprint density at radius 3 is 2.84 bits per heavy atom. The normalized spacial score (nSPS) is 24.2. The number of benzene rings is 1. The van der Waals surface area contributed by atoms with Crippen molar-refractivity contribution in [1.29, 1.82) is 0 Å². The van der Waals surface area contributed by atoms with E-state index in [9.17, 15) is 4.39 Å². The van der Waals surface area contributed by atoms with E-state index < -0.39 is 0 Å². The molecule has 1 aromatic carbocycles. The lowest BCUT2D eigenvalue weighted by Gasteiger charge is -2.31. The summed E-state index contributed by atoms with van der Waals surface area (Å²) >= 11 is 0. The van der Waals surface area contributed by atoms with E-state index in [0.29, 0.717) is 18.6 Å². The third-order valence-corrected chi connectivity index (χ3v) is 5.50. The molecule has 0 amide bonds. The molecule has 0 spiro atoms. The van der Waals surface area contributed by atoms with Gasteiger partial charge in [0.2, 0.25) is 0 Å². The fourth-order valence-electron chi connectivity index (χ4n) is 3.75. The van der Waals surface area contributed by atoms with Crippen LogP contribution in [0.5, 0.6) is 11.5 Å². The Balaban J connectivity index is 1.52. The molecule has 0 unspecified atom stereocenters. The van der Waals surface area contributed by atoms with Gasteiger partial charge in [0.25, 0.3) is 0 Å². The highest BCUT2D eigenvalue weighted by atomic mass is 19.1. The molecule has 25 heavy (non-hydrogen) atoms. The van der Waals surface area contributed by atoms with Crippen LogP contribution in [0.1, 0.15) is 31.2 Å². The van der Waals surface area contributed by atoms with Crippen LogP contribution in [0, 0.1) is 11.7 Å². The fourth-order valence-corrected chi connectivity index (χ4v) is 3.75. The summed E-state index contributed by atoms with van der Waals surface area (Å²) < 4.78 is 25.5. The maximum Gasteiger partial charge on any atom is 0.165 e. The second-order valence-corrected chi connectivity index (χ2v) is 7.40.